The number of fused-ring (bicyclic) bond motifs is 1. The standard InChI is InChI=1S/C11H14N2O3/c12-5-11(14)13-6-8-7-15-9-3-1-2-4-10(9)16-8/h1-4,8H,5-7,12H2,(H,13,14)/t8-/m1/s1. The minimum absolute atomic E-state index is 0.00976. The van der Waals surface area contributed by atoms with Crippen molar-refractivity contribution in [2.24, 2.45) is 5.73 Å². The summed E-state index contributed by atoms with van der Waals surface area (Å²) in [6, 6.07) is 7.46. The highest BCUT2D eigenvalue weighted by atomic mass is 16.6. The van der Waals surface area contributed by atoms with Crippen molar-refractivity contribution >= 4 is 5.91 Å². The Kier molecular flexibility index (Phi) is 3.26. The Bertz CT molecular complexity index is 381. The molecule has 1 aromatic carbocycles. The van der Waals surface area contributed by atoms with Gasteiger partial charge in [0.15, 0.2) is 11.5 Å². The Morgan fingerprint density at radius 3 is 2.94 bits per heavy atom. The lowest BCUT2D eigenvalue weighted by molar-refractivity contribution is -0.120. The second-order valence-corrected chi connectivity index (χ2v) is 3.51. The summed E-state index contributed by atoms with van der Waals surface area (Å²) in [5.41, 5.74) is 5.18. The van der Waals surface area contributed by atoms with Crippen LogP contribution in [0.15, 0.2) is 24.3 Å². The number of hydrogen-bond acceptors (Lipinski definition) is 4. The van der Waals surface area contributed by atoms with Gasteiger partial charge in [-0.3, -0.25) is 4.79 Å². The molecule has 16 heavy (non-hydrogen) atoms. The summed E-state index contributed by atoms with van der Waals surface area (Å²) < 4.78 is 11.1. The summed E-state index contributed by atoms with van der Waals surface area (Å²) in [7, 11) is 0. The van der Waals surface area contributed by atoms with Crippen LogP contribution < -0.4 is 20.5 Å². The van der Waals surface area contributed by atoms with Crippen LogP contribution in [0.2, 0.25) is 0 Å². The van der Waals surface area contributed by atoms with Crippen molar-refractivity contribution in [3.8, 4) is 11.5 Å². The van der Waals surface area contributed by atoms with Gasteiger partial charge in [-0.2, -0.15) is 0 Å². The molecule has 1 aliphatic rings. The van der Waals surface area contributed by atoms with E-state index in [4.69, 9.17) is 15.2 Å². The van der Waals surface area contributed by atoms with Crippen molar-refractivity contribution in [3.05, 3.63) is 24.3 Å². The number of rotatable bonds is 3. The van der Waals surface area contributed by atoms with E-state index in [9.17, 15) is 4.79 Å². The molecule has 0 unspecified atom stereocenters. The van der Waals surface area contributed by atoms with Crippen LogP contribution in [0.3, 0.4) is 0 Å². The first-order valence-electron chi connectivity index (χ1n) is 5.15. The largest absolute Gasteiger partial charge is 0.486 e. The zero-order valence-corrected chi connectivity index (χ0v) is 8.81. The number of nitrogens with two attached hydrogens (primary N) is 1. The zero-order chi connectivity index (χ0) is 11.4. The predicted octanol–water partition coefficient (Wildman–Crippen LogP) is -0.0987. The van der Waals surface area contributed by atoms with Crippen molar-refractivity contribution in [1.82, 2.24) is 5.32 Å². The third kappa shape index (κ3) is 2.43. The van der Waals surface area contributed by atoms with Gasteiger partial charge in [0.1, 0.15) is 12.7 Å². The van der Waals surface area contributed by atoms with Gasteiger partial charge >= 0.3 is 0 Å². The van der Waals surface area contributed by atoms with Crippen LogP contribution in [0.25, 0.3) is 0 Å². The summed E-state index contributed by atoms with van der Waals surface area (Å²) >= 11 is 0. The highest BCUT2D eigenvalue weighted by Crippen LogP contribution is 2.30. The molecule has 0 fully saturated rings. The topological polar surface area (TPSA) is 73.6 Å². The first-order valence-corrected chi connectivity index (χ1v) is 5.15. The molecular formula is C11H14N2O3. The number of benzene rings is 1. The van der Waals surface area contributed by atoms with E-state index in [2.05, 4.69) is 5.32 Å². The third-order valence-electron chi connectivity index (χ3n) is 2.28. The van der Waals surface area contributed by atoms with Crippen LogP contribution >= 0.6 is 0 Å². The average Bonchev–Trinajstić information content (AvgIpc) is 2.35. The molecule has 0 radical (unpaired) electrons. The van der Waals surface area contributed by atoms with Gasteiger partial charge in [-0.05, 0) is 12.1 Å². The monoisotopic (exact) mass is 222 g/mol. The van der Waals surface area contributed by atoms with Gasteiger partial charge in [-0.1, -0.05) is 12.1 Å². The highest BCUT2D eigenvalue weighted by molar-refractivity contribution is 5.77. The van der Waals surface area contributed by atoms with Crippen LogP contribution in [0.5, 0.6) is 11.5 Å². The number of nitrogens with one attached hydrogen (secondary N) is 1. The van der Waals surface area contributed by atoms with E-state index in [0.29, 0.717) is 18.9 Å². The van der Waals surface area contributed by atoms with Gasteiger partial charge in [0, 0.05) is 0 Å². The molecule has 1 atom stereocenters. The lowest BCUT2D eigenvalue weighted by Gasteiger charge is -2.26. The molecule has 86 valence electrons. The zero-order valence-electron chi connectivity index (χ0n) is 8.81. The Balaban J connectivity index is 1.90. The number of carbonyl (C=O) groups is 1. The molecule has 5 nitrogen and oxygen atoms in total. The van der Waals surface area contributed by atoms with Crippen LogP contribution in [-0.2, 0) is 4.79 Å². The molecule has 1 heterocycles. The van der Waals surface area contributed by atoms with Gasteiger partial charge in [-0.25, -0.2) is 0 Å². The van der Waals surface area contributed by atoms with Crippen LogP contribution in [0, 0.1) is 0 Å². The SMILES string of the molecule is NCC(=O)NC[C@@H]1COc2ccccc2O1. The minimum atomic E-state index is -0.192. The van der Waals surface area contributed by atoms with E-state index in [1.165, 1.54) is 0 Å². The van der Waals surface area contributed by atoms with E-state index < -0.39 is 0 Å². The van der Waals surface area contributed by atoms with Gasteiger partial charge in [0.2, 0.25) is 5.91 Å². The fraction of sp³-hybridized carbons (Fsp3) is 0.364. The summed E-state index contributed by atoms with van der Waals surface area (Å²) in [6.45, 7) is 0.830. The Hall–Kier alpha value is -1.75. The second kappa shape index (κ2) is 4.85. The van der Waals surface area contributed by atoms with Gasteiger partial charge in [0.25, 0.3) is 0 Å². The minimum Gasteiger partial charge on any atom is -0.486 e. The van der Waals surface area contributed by atoms with Crippen LogP contribution in [0.4, 0.5) is 0 Å². The Morgan fingerprint density at radius 2 is 2.19 bits per heavy atom. The summed E-state index contributed by atoms with van der Waals surface area (Å²) in [4.78, 5) is 11.0. The molecule has 0 aliphatic carbocycles. The second-order valence-electron chi connectivity index (χ2n) is 3.51. The normalized spacial score (nSPS) is 17.9. The fourth-order valence-corrected chi connectivity index (χ4v) is 1.46. The molecular weight excluding hydrogens is 208 g/mol. The van der Waals surface area contributed by atoms with Crippen molar-refractivity contribution in [1.29, 1.82) is 0 Å². The molecule has 5 heteroatoms. The lowest BCUT2D eigenvalue weighted by atomic mass is 10.2. The molecule has 3 N–H and O–H groups in total. The van der Waals surface area contributed by atoms with Gasteiger partial charge < -0.3 is 20.5 Å². The molecule has 2 rings (SSSR count). The molecule has 1 aromatic rings. The molecule has 0 saturated heterocycles. The average molecular weight is 222 g/mol. The van der Waals surface area contributed by atoms with Crippen LogP contribution in [-0.4, -0.2) is 31.7 Å². The maximum Gasteiger partial charge on any atom is 0.233 e. The first-order chi connectivity index (χ1) is 7.79. The van der Waals surface area contributed by atoms with E-state index in [-0.39, 0.29) is 18.6 Å². The number of ether oxygens (including phenoxy) is 2. The molecule has 0 spiro atoms. The lowest BCUT2D eigenvalue weighted by Crippen LogP contribution is -2.42. The molecule has 1 amide bonds. The molecule has 0 aromatic heterocycles. The molecule has 1 aliphatic heterocycles. The summed E-state index contributed by atoms with van der Waals surface area (Å²) in [5, 5.41) is 2.66. The summed E-state index contributed by atoms with van der Waals surface area (Å²) in [5.74, 6) is 1.26. The van der Waals surface area contributed by atoms with Crippen LogP contribution in [0.1, 0.15) is 0 Å². The van der Waals surface area contributed by atoms with E-state index in [1.807, 2.05) is 24.3 Å². The Morgan fingerprint density at radius 1 is 1.44 bits per heavy atom. The number of amides is 1. The van der Waals surface area contributed by atoms with Crippen molar-refractivity contribution in [3.63, 3.8) is 0 Å². The number of carbonyl (C=O) groups excluding carboxylic acids is 1. The van der Waals surface area contributed by atoms with Crippen molar-refractivity contribution < 1.29 is 14.3 Å². The predicted molar refractivity (Wildman–Crippen MR) is 58.4 cm³/mol. The van der Waals surface area contributed by atoms with Crippen molar-refractivity contribution in [2.75, 3.05) is 19.7 Å². The third-order valence-corrected chi connectivity index (χ3v) is 2.28. The van der Waals surface area contributed by atoms with E-state index in [0.717, 1.165) is 5.75 Å². The summed E-state index contributed by atoms with van der Waals surface area (Å²) in [6.07, 6.45) is -0.162. The highest BCUT2D eigenvalue weighted by Gasteiger charge is 2.20. The quantitative estimate of drug-likeness (QED) is 0.749. The molecule has 0 saturated carbocycles. The van der Waals surface area contributed by atoms with E-state index >= 15 is 0 Å². The number of para-hydroxylation sites is 2. The first kappa shape index (κ1) is 10.8. The fourth-order valence-electron chi connectivity index (χ4n) is 1.46. The maximum atomic E-state index is 11.0. The smallest absolute Gasteiger partial charge is 0.233 e. The number of hydrogen-bond donors (Lipinski definition) is 2. The maximum absolute atomic E-state index is 11.0. The molecule has 0 bridgehead atoms. The van der Waals surface area contributed by atoms with Crippen molar-refractivity contribution in [2.45, 2.75) is 6.10 Å². The van der Waals surface area contributed by atoms with Gasteiger partial charge in [-0.15, -0.1) is 0 Å². The Labute approximate surface area is 93.5 Å². The van der Waals surface area contributed by atoms with E-state index in [1.54, 1.807) is 0 Å². The van der Waals surface area contributed by atoms with Gasteiger partial charge in [0.05, 0.1) is 13.1 Å².